The van der Waals surface area contributed by atoms with Gasteiger partial charge in [-0.15, -0.1) is 12.4 Å². The molecule has 3 N–H and O–H groups in total. The second-order valence-electron chi connectivity index (χ2n) is 6.27. The summed E-state index contributed by atoms with van der Waals surface area (Å²) in [5, 5.41) is 2.42. The van der Waals surface area contributed by atoms with Gasteiger partial charge in [-0.25, -0.2) is 14.4 Å². The number of aliphatic imine (C=N–C) groups is 1. The van der Waals surface area contributed by atoms with E-state index in [1.807, 2.05) is 0 Å². The molecule has 0 saturated heterocycles. The number of benzene rings is 1. The Bertz CT molecular complexity index is 956. The van der Waals surface area contributed by atoms with E-state index in [9.17, 15) is 22.4 Å². The number of pyridine rings is 1. The fraction of sp³-hybridized carbons (Fsp3) is 0.278. The maximum Gasteiger partial charge on any atom is 0.418 e. The molecular formula is C18H16BrClF4N4O2. The molecule has 0 bridgehead atoms. The molecule has 1 atom stereocenters. The molecular weight excluding hydrogens is 496 g/mol. The van der Waals surface area contributed by atoms with Gasteiger partial charge < -0.3 is 15.8 Å². The first-order valence-corrected chi connectivity index (χ1v) is 9.13. The maximum absolute atomic E-state index is 14.5. The predicted octanol–water partition coefficient (Wildman–Crippen LogP) is 4.19. The number of nitrogens with zero attached hydrogens (tertiary/aromatic N) is 2. The third-order valence-electron chi connectivity index (χ3n) is 4.29. The number of amidine groups is 1. The third kappa shape index (κ3) is 4.90. The van der Waals surface area contributed by atoms with Crippen molar-refractivity contribution < 1.29 is 27.1 Å². The van der Waals surface area contributed by atoms with Crippen LogP contribution in [0.4, 0.5) is 23.2 Å². The summed E-state index contributed by atoms with van der Waals surface area (Å²) in [6, 6.07) is 5.90. The molecule has 12 heteroatoms. The summed E-state index contributed by atoms with van der Waals surface area (Å²) in [6.45, 7) is -0.604. The lowest BCUT2D eigenvalue weighted by Gasteiger charge is -2.32. The number of ether oxygens (including phenoxy) is 1. The average Bonchev–Trinajstić information content (AvgIpc) is 2.86. The van der Waals surface area contributed by atoms with Crippen molar-refractivity contribution in [1.82, 2.24) is 4.98 Å². The molecule has 30 heavy (non-hydrogen) atoms. The number of rotatable bonds is 3. The molecule has 1 aromatic heterocycles. The van der Waals surface area contributed by atoms with Gasteiger partial charge in [-0.1, -0.05) is 0 Å². The number of nitrogens with one attached hydrogen (secondary N) is 1. The summed E-state index contributed by atoms with van der Waals surface area (Å²) < 4.78 is 62.3. The Labute approximate surface area is 183 Å². The van der Waals surface area contributed by atoms with E-state index in [2.05, 4.69) is 31.2 Å². The van der Waals surface area contributed by atoms with E-state index in [4.69, 9.17) is 10.5 Å². The molecule has 1 amide bonds. The van der Waals surface area contributed by atoms with Crippen molar-refractivity contribution in [2.24, 2.45) is 10.7 Å². The minimum Gasteiger partial charge on any atom is -0.385 e. The van der Waals surface area contributed by atoms with Gasteiger partial charge in [0.25, 0.3) is 5.91 Å². The van der Waals surface area contributed by atoms with Crippen LogP contribution in [0.2, 0.25) is 0 Å². The van der Waals surface area contributed by atoms with Crippen LogP contribution in [0.25, 0.3) is 0 Å². The van der Waals surface area contributed by atoms with Gasteiger partial charge in [-0.3, -0.25) is 4.79 Å². The number of hydrogen-bond donors (Lipinski definition) is 2. The molecule has 0 saturated carbocycles. The Hall–Kier alpha value is -2.24. The average molecular weight is 512 g/mol. The number of nitrogens with two attached hydrogens (primary N) is 1. The number of halogens is 6. The number of carbonyl (C=O) groups is 1. The lowest BCUT2D eigenvalue weighted by atomic mass is 9.85. The molecule has 0 fully saturated rings. The van der Waals surface area contributed by atoms with Crippen molar-refractivity contribution >= 4 is 45.8 Å². The molecule has 0 spiro atoms. The summed E-state index contributed by atoms with van der Waals surface area (Å²) in [7, 11) is 0. The summed E-state index contributed by atoms with van der Waals surface area (Å²) in [5.41, 5.74) is 1.84. The van der Waals surface area contributed by atoms with Crippen LogP contribution < -0.4 is 11.1 Å². The summed E-state index contributed by atoms with van der Waals surface area (Å²) in [6.07, 6.45) is -4.20. The Morgan fingerprint density at radius 1 is 1.27 bits per heavy atom. The van der Waals surface area contributed by atoms with Crippen LogP contribution in [0.15, 0.2) is 46.0 Å². The van der Waals surface area contributed by atoms with Crippen molar-refractivity contribution in [3.05, 3.63) is 58.1 Å². The van der Waals surface area contributed by atoms with Gasteiger partial charge in [0.1, 0.15) is 24.0 Å². The van der Waals surface area contributed by atoms with Gasteiger partial charge >= 0.3 is 6.18 Å². The SMILES string of the molecule is Cl.NC1=NC(c2cc(NC(=O)c3ccc(Br)cn3)ccc2F)(C(F)(F)F)CCOC1. The normalized spacial score (nSPS) is 19.3. The number of carbonyl (C=O) groups excluding carboxylic acids is 1. The first-order chi connectivity index (χ1) is 13.6. The quantitative estimate of drug-likeness (QED) is 0.605. The lowest BCUT2D eigenvalue weighted by molar-refractivity contribution is -0.193. The number of hydrogen-bond acceptors (Lipinski definition) is 5. The van der Waals surface area contributed by atoms with Gasteiger partial charge in [0, 0.05) is 28.3 Å². The first kappa shape index (κ1) is 24.0. The van der Waals surface area contributed by atoms with Crippen LogP contribution in [0.1, 0.15) is 22.5 Å². The summed E-state index contributed by atoms with van der Waals surface area (Å²) >= 11 is 3.18. The smallest absolute Gasteiger partial charge is 0.385 e. The standard InChI is InChI=1S/C18H15BrF4N4O2.ClH/c19-10-1-4-14(25-8-10)16(28)26-11-2-3-13(20)12(7-11)17(18(21,22)23)5-6-29-9-15(24)27-17;/h1-4,7-8H,5-6,9H2,(H2,24,27)(H,26,28);1H. The molecule has 1 aliphatic heterocycles. The van der Waals surface area contributed by atoms with Crippen LogP contribution in [-0.4, -0.2) is 36.1 Å². The highest BCUT2D eigenvalue weighted by atomic mass is 79.9. The van der Waals surface area contributed by atoms with E-state index >= 15 is 0 Å². The van der Waals surface area contributed by atoms with Gasteiger partial charge in [0.2, 0.25) is 0 Å². The predicted molar refractivity (Wildman–Crippen MR) is 108 cm³/mol. The van der Waals surface area contributed by atoms with Crippen LogP contribution in [-0.2, 0) is 10.3 Å². The third-order valence-corrected chi connectivity index (χ3v) is 4.76. The molecule has 6 nitrogen and oxygen atoms in total. The molecule has 0 radical (unpaired) electrons. The zero-order valence-corrected chi connectivity index (χ0v) is 17.6. The lowest BCUT2D eigenvalue weighted by Crippen LogP contribution is -2.43. The molecule has 3 rings (SSSR count). The fourth-order valence-corrected chi connectivity index (χ4v) is 3.14. The van der Waals surface area contributed by atoms with Gasteiger partial charge in [-0.2, -0.15) is 13.2 Å². The highest BCUT2D eigenvalue weighted by Crippen LogP contribution is 2.47. The minimum absolute atomic E-state index is 0. The molecule has 2 aromatic rings. The Balaban J connectivity index is 0.00000320. The van der Waals surface area contributed by atoms with Crippen molar-refractivity contribution in [2.75, 3.05) is 18.5 Å². The second kappa shape index (κ2) is 9.27. The van der Waals surface area contributed by atoms with Crippen LogP contribution >= 0.6 is 28.3 Å². The van der Waals surface area contributed by atoms with Crippen molar-refractivity contribution in [1.29, 1.82) is 0 Å². The summed E-state index contributed by atoms with van der Waals surface area (Å²) in [4.78, 5) is 19.8. The number of aromatic nitrogens is 1. The van der Waals surface area contributed by atoms with Crippen molar-refractivity contribution in [3.63, 3.8) is 0 Å². The van der Waals surface area contributed by atoms with E-state index in [-0.39, 0.29) is 37.0 Å². The maximum atomic E-state index is 14.5. The fourth-order valence-electron chi connectivity index (χ4n) is 2.91. The van der Waals surface area contributed by atoms with E-state index in [0.29, 0.717) is 4.47 Å². The molecule has 1 aromatic carbocycles. The highest BCUT2D eigenvalue weighted by molar-refractivity contribution is 9.10. The molecule has 0 aliphatic carbocycles. The van der Waals surface area contributed by atoms with Crippen molar-refractivity contribution in [3.8, 4) is 0 Å². The van der Waals surface area contributed by atoms with Gasteiger partial charge in [0.15, 0.2) is 5.54 Å². The monoisotopic (exact) mass is 510 g/mol. The van der Waals surface area contributed by atoms with Crippen molar-refractivity contribution in [2.45, 2.75) is 18.1 Å². The Morgan fingerprint density at radius 3 is 2.63 bits per heavy atom. The molecule has 1 unspecified atom stereocenters. The highest BCUT2D eigenvalue weighted by Gasteiger charge is 2.58. The van der Waals surface area contributed by atoms with Crippen LogP contribution in [0.5, 0.6) is 0 Å². The van der Waals surface area contributed by atoms with E-state index in [1.165, 1.54) is 12.3 Å². The van der Waals surface area contributed by atoms with E-state index in [0.717, 1.165) is 18.2 Å². The molecule has 2 heterocycles. The Morgan fingerprint density at radius 2 is 2.00 bits per heavy atom. The van der Waals surface area contributed by atoms with Gasteiger partial charge in [-0.05, 0) is 46.3 Å². The van der Waals surface area contributed by atoms with Crippen LogP contribution in [0.3, 0.4) is 0 Å². The van der Waals surface area contributed by atoms with Crippen LogP contribution in [0, 0.1) is 5.82 Å². The number of alkyl halides is 3. The molecule has 162 valence electrons. The molecule has 1 aliphatic rings. The number of amides is 1. The Kier molecular flexibility index (Phi) is 7.43. The van der Waals surface area contributed by atoms with E-state index < -0.39 is 41.3 Å². The van der Waals surface area contributed by atoms with Gasteiger partial charge in [0.05, 0.1) is 6.61 Å². The first-order valence-electron chi connectivity index (χ1n) is 8.34. The minimum atomic E-state index is -4.94. The zero-order valence-electron chi connectivity index (χ0n) is 15.2. The largest absolute Gasteiger partial charge is 0.418 e. The van der Waals surface area contributed by atoms with E-state index in [1.54, 1.807) is 6.07 Å². The summed E-state index contributed by atoms with van der Waals surface area (Å²) in [5.74, 6) is -2.18. The second-order valence-corrected chi connectivity index (χ2v) is 7.19. The zero-order chi connectivity index (χ0) is 21.2. The number of anilines is 1. The topological polar surface area (TPSA) is 89.6 Å².